The van der Waals surface area contributed by atoms with Crippen molar-refractivity contribution in [1.82, 2.24) is 0 Å². The van der Waals surface area contributed by atoms with Gasteiger partial charge in [-0.25, -0.2) is 8.42 Å². The van der Waals surface area contributed by atoms with E-state index in [4.69, 9.17) is 5.26 Å². The lowest BCUT2D eigenvalue weighted by atomic mass is 10.4. The van der Waals surface area contributed by atoms with Crippen LogP contribution in [0.4, 0.5) is 0 Å². The van der Waals surface area contributed by atoms with Crippen molar-refractivity contribution in [2.75, 3.05) is 11.5 Å². The average molecular weight is 173 g/mol. The van der Waals surface area contributed by atoms with Gasteiger partial charge in [0, 0.05) is 6.08 Å². The maximum Gasteiger partial charge on any atom is 0.150 e. The Morgan fingerprint density at radius 1 is 1.36 bits per heavy atom. The molecule has 0 saturated carbocycles. The maximum atomic E-state index is 10.4. The molecule has 0 atom stereocenters. The van der Waals surface area contributed by atoms with Crippen LogP contribution < -0.4 is 0 Å². The minimum atomic E-state index is -2.55. The van der Waals surface area contributed by atoms with Crippen LogP contribution in [0, 0.1) is 11.3 Å². The summed E-state index contributed by atoms with van der Waals surface area (Å²) in [6.07, 6.45) is 2.94. The van der Waals surface area contributed by atoms with Crippen molar-refractivity contribution in [3.05, 3.63) is 12.7 Å². The van der Waals surface area contributed by atoms with E-state index >= 15 is 0 Å². The number of nitrogens with zero attached hydrogens (tertiary/aromatic N) is 1. The highest BCUT2D eigenvalue weighted by atomic mass is 32.2. The number of sulfone groups is 1. The van der Waals surface area contributed by atoms with Gasteiger partial charge >= 0.3 is 0 Å². The first-order valence-electron chi connectivity index (χ1n) is 3.33. The standard InChI is InChI=1S/C4H8O2S.C3H3N/c5-7(6)3-1-2-4-7;1-2-3-4/h1-4H2;2H,1H2. The van der Waals surface area contributed by atoms with Crippen molar-refractivity contribution in [1.29, 1.82) is 5.26 Å². The molecule has 0 aliphatic carbocycles. The van der Waals surface area contributed by atoms with Gasteiger partial charge in [-0.05, 0) is 12.8 Å². The molecule has 0 aromatic rings. The van der Waals surface area contributed by atoms with Crippen LogP contribution in [0.2, 0.25) is 0 Å². The molecule has 0 aromatic carbocycles. The molecule has 3 nitrogen and oxygen atoms in total. The van der Waals surface area contributed by atoms with Crippen LogP contribution in [0.15, 0.2) is 12.7 Å². The normalized spacial score (nSPS) is 19.2. The summed E-state index contributed by atoms with van der Waals surface area (Å²) in [5.74, 6) is 0.847. The summed E-state index contributed by atoms with van der Waals surface area (Å²) in [4.78, 5) is 0. The Bertz CT molecular complexity index is 236. The highest BCUT2D eigenvalue weighted by Gasteiger charge is 2.16. The Morgan fingerprint density at radius 2 is 1.73 bits per heavy atom. The summed E-state index contributed by atoms with van der Waals surface area (Å²) in [5, 5.41) is 7.51. The summed E-state index contributed by atoms with van der Waals surface area (Å²) in [6.45, 7) is 3.12. The fourth-order valence-corrected chi connectivity index (χ4v) is 2.24. The molecular weight excluding hydrogens is 162 g/mol. The van der Waals surface area contributed by atoms with Crippen LogP contribution in [-0.4, -0.2) is 19.9 Å². The molecule has 0 unspecified atom stereocenters. The molecule has 1 aliphatic rings. The van der Waals surface area contributed by atoms with Crippen LogP contribution in [0.5, 0.6) is 0 Å². The summed E-state index contributed by atoms with van der Waals surface area (Å²) in [5.41, 5.74) is 0. The number of hydrogen-bond donors (Lipinski definition) is 0. The van der Waals surface area contributed by atoms with Gasteiger partial charge in [0.05, 0.1) is 17.6 Å². The first kappa shape index (κ1) is 10.2. The van der Waals surface area contributed by atoms with E-state index in [1.165, 1.54) is 6.08 Å². The monoisotopic (exact) mass is 173 g/mol. The van der Waals surface area contributed by atoms with Crippen molar-refractivity contribution in [3.63, 3.8) is 0 Å². The first-order valence-corrected chi connectivity index (χ1v) is 5.15. The van der Waals surface area contributed by atoms with E-state index in [1.807, 2.05) is 0 Å². The molecular formula is C7H11NO2S. The summed E-state index contributed by atoms with van der Waals surface area (Å²) < 4.78 is 20.9. The van der Waals surface area contributed by atoms with Gasteiger partial charge in [0.25, 0.3) is 0 Å². The minimum absolute atomic E-state index is 0.424. The molecule has 1 saturated heterocycles. The summed E-state index contributed by atoms with van der Waals surface area (Å²) in [7, 11) is -2.55. The van der Waals surface area contributed by atoms with Gasteiger partial charge in [0.2, 0.25) is 0 Å². The van der Waals surface area contributed by atoms with Crippen LogP contribution in [0.25, 0.3) is 0 Å². The zero-order valence-electron chi connectivity index (χ0n) is 6.28. The van der Waals surface area contributed by atoms with E-state index in [9.17, 15) is 8.42 Å². The van der Waals surface area contributed by atoms with Crippen molar-refractivity contribution >= 4 is 9.84 Å². The number of allylic oxidation sites excluding steroid dienone is 1. The highest BCUT2D eigenvalue weighted by molar-refractivity contribution is 7.91. The van der Waals surface area contributed by atoms with E-state index in [1.54, 1.807) is 6.07 Å². The van der Waals surface area contributed by atoms with E-state index in [0.717, 1.165) is 12.8 Å². The number of nitriles is 1. The molecule has 0 radical (unpaired) electrons. The molecule has 1 fully saturated rings. The van der Waals surface area contributed by atoms with Gasteiger partial charge in [-0.3, -0.25) is 0 Å². The van der Waals surface area contributed by atoms with Gasteiger partial charge in [-0.1, -0.05) is 6.58 Å². The molecule has 62 valence electrons. The quantitative estimate of drug-likeness (QED) is 0.511. The van der Waals surface area contributed by atoms with E-state index in [-0.39, 0.29) is 0 Å². The molecule has 0 amide bonds. The largest absolute Gasteiger partial charge is 0.229 e. The van der Waals surface area contributed by atoms with Crippen LogP contribution >= 0.6 is 0 Å². The van der Waals surface area contributed by atoms with E-state index < -0.39 is 9.84 Å². The van der Waals surface area contributed by atoms with Crippen LogP contribution in [-0.2, 0) is 9.84 Å². The Labute approximate surface area is 67.3 Å². The van der Waals surface area contributed by atoms with Crippen molar-refractivity contribution in [2.45, 2.75) is 12.8 Å². The Hall–Kier alpha value is -0.820. The SMILES string of the molecule is C=CC#N.O=S1(=O)CCCC1. The Balaban J connectivity index is 0.000000218. The second-order valence-corrected chi connectivity index (χ2v) is 4.50. The van der Waals surface area contributed by atoms with E-state index in [0.29, 0.717) is 11.5 Å². The molecule has 1 heterocycles. The summed E-state index contributed by atoms with van der Waals surface area (Å²) in [6, 6.07) is 1.69. The topological polar surface area (TPSA) is 57.9 Å². The second kappa shape index (κ2) is 4.91. The zero-order valence-corrected chi connectivity index (χ0v) is 7.10. The van der Waals surface area contributed by atoms with Gasteiger partial charge in [-0.15, -0.1) is 0 Å². The predicted molar refractivity (Wildman–Crippen MR) is 43.7 cm³/mol. The average Bonchev–Trinajstić information content (AvgIpc) is 2.35. The molecule has 4 heteroatoms. The third kappa shape index (κ3) is 5.62. The summed E-state index contributed by atoms with van der Waals surface area (Å²) >= 11 is 0. The molecule has 0 bridgehead atoms. The van der Waals surface area contributed by atoms with Gasteiger partial charge < -0.3 is 0 Å². The molecule has 1 aliphatic heterocycles. The second-order valence-electron chi connectivity index (χ2n) is 2.19. The highest BCUT2D eigenvalue weighted by Crippen LogP contribution is 2.08. The molecule has 0 aromatic heterocycles. The van der Waals surface area contributed by atoms with Crippen LogP contribution in [0.1, 0.15) is 12.8 Å². The van der Waals surface area contributed by atoms with Gasteiger partial charge in [-0.2, -0.15) is 5.26 Å². The van der Waals surface area contributed by atoms with Crippen molar-refractivity contribution in [3.8, 4) is 6.07 Å². The Kier molecular flexibility index (Phi) is 4.55. The van der Waals surface area contributed by atoms with Gasteiger partial charge in [0.15, 0.2) is 0 Å². The lowest BCUT2D eigenvalue weighted by Gasteiger charge is -1.81. The molecule has 11 heavy (non-hydrogen) atoms. The number of hydrogen-bond acceptors (Lipinski definition) is 3. The lowest BCUT2D eigenvalue weighted by Crippen LogP contribution is -1.98. The predicted octanol–water partition coefficient (Wildman–Crippen LogP) is 0.891. The zero-order chi connectivity index (χ0) is 8.74. The smallest absolute Gasteiger partial charge is 0.150 e. The Morgan fingerprint density at radius 3 is 1.82 bits per heavy atom. The lowest BCUT2D eigenvalue weighted by molar-refractivity contribution is 0.602. The maximum absolute atomic E-state index is 10.4. The number of rotatable bonds is 0. The van der Waals surface area contributed by atoms with Crippen molar-refractivity contribution in [2.24, 2.45) is 0 Å². The molecule has 0 N–H and O–H groups in total. The first-order chi connectivity index (χ1) is 5.12. The minimum Gasteiger partial charge on any atom is -0.229 e. The third-order valence-electron chi connectivity index (χ3n) is 1.25. The fourth-order valence-electron chi connectivity index (χ4n) is 0.746. The van der Waals surface area contributed by atoms with Crippen LogP contribution in [0.3, 0.4) is 0 Å². The molecule has 0 spiro atoms. The third-order valence-corrected chi connectivity index (χ3v) is 3.07. The fraction of sp³-hybridized carbons (Fsp3) is 0.571. The van der Waals surface area contributed by atoms with E-state index in [2.05, 4.69) is 6.58 Å². The van der Waals surface area contributed by atoms with Crippen molar-refractivity contribution < 1.29 is 8.42 Å². The molecule has 1 rings (SSSR count). The van der Waals surface area contributed by atoms with Gasteiger partial charge in [0.1, 0.15) is 9.84 Å².